The molecule has 2 bridgehead atoms. The first-order valence-corrected chi connectivity index (χ1v) is 21.8. The van der Waals surface area contributed by atoms with E-state index in [0.717, 1.165) is 87.1 Å². The zero-order valence-electron chi connectivity index (χ0n) is 35.8. The van der Waals surface area contributed by atoms with Crippen molar-refractivity contribution in [1.29, 1.82) is 0 Å². The number of aromatic amines is 2. The topological polar surface area (TPSA) is 175 Å². The van der Waals surface area contributed by atoms with Crippen LogP contribution in [0.1, 0.15) is 127 Å². The van der Waals surface area contributed by atoms with E-state index < -0.39 is 24.3 Å². The molecular formula is C46H60N8O6. The Hall–Kier alpha value is -5.40. The van der Waals surface area contributed by atoms with Gasteiger partial charge in [0.25, 0.3) is 0 Å². The molecule has 3 aliphatic carbocycles. The summed E-state index contributed by atoms with van der Waals surface area (Å²) < 4.78 is 9.60. The molecule has 4 N–H and O–H groups in total. The van der Waals surface area contributed by atoms with Crippen LogP contribution in [-0.2, 0) is 29.9 Å². The highest BCUT2D eigenvalue weighted by molar-refractivity contribution is 5.89. The first kappa shape index (κ1) is 41.3. The number of methoxy groups -OCH3 is 2. The van der Waals surface area contributed by atoms with Crippen LogP contribution in [0.4, 0.5) is 9.59 Å². The molecule has 4 atom stereocenters. The number of imidazole rings is 2. The zero-order valence-corrected chi connectivity index (χ0v) is 35.8. The van der Waals surface area contributed by atoms with E-state index in [-0.39, 0.29) is 46.6 Å². The largest absolute Gasteiger partial charge is 0.453 e. The molecule has 4 aromatic rings. The summed E-state index contributed by atoms with van der Waals surface area (Å²) in [7, 11) is 2.62. The minimum Gasteiger partial charge on any atom is -0.453 e. The van der Waals surface area contributed by atoms with Crippen molar-refractivity contribution >= 4 is 34.8 Å². The van der Waals surface area contributed by atoms with Crippen LogP contribution in [0, 0.1) is 11.8 Å². The second kappa shape index (κ2) is 16.6. The first-order chi connectivity index (χ1) is 28.8. The fourth-order valence-corrected chi connectivity index (χ4v) is 10.6. The Labute approximate surface area is 352 Å². The molecule has 4 heterocycles. The van der Waals surface area contributed by atoms with Crippen molar-refractivity contribution in [2.24, 2.45) is 11.8 Å². The Morgan fingerprint density at radius 3 is 1.75 bits per heavy atom. The van der Waals surface area contributed by atoms with Gasteiger partial charge in [-0.3, -0.25) is 9.59 Å². The van der Waals surface area contributed by atoms with Gasteiger partial charge in [0, 0.05) is 36.0 Å². The van der Waals surface area contributed by atoms with E-state index in [1.807, 2.05) is 49.9 Å². The van der Waals surface area contributed by atoms with Crippen LogP contribution in [0.2, 0.25) is 0 Å². The normalized spacial score (nSPS) is 24.9. The van der Waals surface area contributed by atoms with Crippen LogP contribution >= 0.6 is 0 Å². The van der Waals surface area contributed by atoms with Crippen molar-refractivity contribution in [3.05, 3.63) is 71.7 Å². The lowest BCUT2D eigenvalue weighted by Crippen LogP contribution is -2.51. The number of carbonyl (C=O) groups is 4. The van der Waals surface area contributed by atoms with Gasteiger partial charge in [-0.1, -0.05) is 58.0 Å². The van der Waals surface area contributed by atoms with Gasteiger partial charge in [0.15, 0.2) is 0 Å². The Morgan fingerprint density at radius 1 is 0.683 bits per heavy atom. The quantitative estimate of drug-likeness (QED) is 0.120. The second-order valence-corrected chi connectivity index (χ2v) is 18.3. The van der Waals surface area contributed by atoms with Crippen LogP contribution in [0.5, 0.6) is 0 Å². The Kier molecular flexibility index (Phi) is 11.4. The predicted octanol–water partition coefficient (Wildman–Crippen LogP) is 7.58. The lowest BCUT2D eigenvalue weighted by atomic mass is 9.51. The number of H-pyrrole nitrogens is 2. The average Bonchev–Trinajstić information content (AvgIpc) is 4.11. The maximum absolute atomic E-state index is 13.7. The predicted molar refractivity (Wildman–Crippen MR) is 227 cm³/mol. The van der Waals surface area contributed by atoms with Gasteiger partial charge in [-0.2, -0.15) is 0 Å². The number of amides is 4. The van der Waals surface area contributed by atoms with Gasteiger partial charge in [-0.25, -0.2) is 19.6 Å². The maximum atomic E-state index is 13.7. The van der Waals surface area contributed by atoms with Crippen LogP contribution in [0.15, 0.2) is 48.8 Å². The molecule has 9 rings (SSSR count). The van der Waals surface area contributed by atoms with Crippen molar-refractivity contribution in [2.75, 3.05) is 27.3 Å². The summed E-state index contributed by atoms with van der Waals surface area (Å²) in [5.41, 5.74) is 4.70. The van der Waals surface area contributed by atoms with E-state index in [4.69, 9.17) is 19.4 Å². The summed E-state index contributed by atoms with van der Waals surface area (Å²) in [5, 5.41) is 7.85. The molecule has 3 saturated carbocycles. The molecule has 320 valence electrons. The number of hydrogen-bond acceptors (Lipinski definition) is 8. The highest BCUT2D eigenvalue weighted by Gasteiger charge is 2.51. The molecule has 4 amide bonds. The summed E-state index contributed by atoms with van der Waals surface area (Å²) in [5.74, 6) is 1.19. The van der Waals surface area contributed by atoms with E-state index >= 15 is 0 Å². The number of nitrogens with one attached hydrogen (secondary N) is 4. The fraction of sp³-hybridized carbons (Fsp3) is 0.565. The van der Waals surface area contributed by atoms with Crippen LogP contribution < -0.4 is 10.6 Å². The Bertz CT molecular complexity index is 2220. The SMILES string of the molecule is COC(=O)NC(C(=O)N1CCCC1c1ncc(-c2ccc3ccc(C45CCC(c6cnc(C7CCCN7C(=O)C(NC(=O)OC)C(C)C)[nH]6)(CC4)CC5)cc3c2)[nH]1)C(C)C. The van der Waals surface area contributed by atoms with Crippen molar-refractivity contribution in [1.82, 2.24) is 40.4 Å². The Balaban J connectivity index is 0.954. The third kappa shape index (κ3) is 7.62. The number of hydrogen-bond donors (Lipinski definition) is 4. The summed E-state index contributed by atoms with van der Waals surface area (Å²) in [4.78, 5) is 72.2. The number of carbonyl (C=O) groups excluding carboxylic acids is 4. The highest BCUT2D eigenvalue weighted by Crippen LogP contribution is 2.58. The van der Waals surface area contributed by atoms with Crippen LogP contribution in [0.25, 0.3) is 22.0 Å². The maximum Gasteiger partial charge on any atom is 0.407 e. The molecule has 2 aromatic carbocycles. The van der Waals surface area contributed by atoms with E-state index in [2.05, 4.69) is 57.0 Å². The highest BCUT2D eigenvalue weighted by atomic mass is 16.5. The van der Waals surface area contributed by atoms with E-state index in [0.29, 0.717) is 13.1 Å². The molecule has 2 saturated heterocycles. The van der Waals surface area contributed by atoms with Gasteiger partial charge in [0.1, 0.15) is 23.7 Å². The molecule has 5 fully saturated rings. The van der Waals surface area contributed by atoms with Crippen LogP contribution in [-0.4, -0.2) is 93.1 Å². The number of alkyl carbamates (subject to hydrolysis) is 2. The van der Waals surface area contributed by atoms with Gasteiger partial charge >= 0.3 is 12.2 Å². The Morgan fingerprint density at radius 2 is 1.20 bits per heavy atom. The van der Waals surface area contributed by atoms with E-state index in [1.54, 1.807) is 0 Å². The molecule has 60 heavy (non-hydrogen) atoms. The third-order valence-electron chi connectivity index (χ3n) is 14.3. The number of benzene rings is 2. The lowest BCUT2D eigenvalue weighted by molar-refractivity contribution is -0.136. The lowest BCUT2D eigenvalue weighted by Gasteiger charge is -2.53. The summed E-state index contributed by atoms with van der Waals surface area (Å²) >= 11 is 0. The van der Waals surface area contributed by atoms with E-state index in [9.17, 15) is 19.2 Å². The second-order valence-electron chi connectivity index (χ2n) is 18.3. The smallest absolute Gasteiger partial charge is 0.407 e. The summed E-state index contributed by atoms with van der Waals surface area (Å²) in [6.07, 6.45) is 12.6. The minimum absolute atomic E-state index is 0.0444. The zero-order chi connectivity index (χ0) is 42.3. The first-order valence-electron chi connectivity index (χ1n) is 21.8. The minimum atomic E-state index is -0.681. The number of aromatic nitrogens is 4. The molecule has 2 aliphatic heterocycles. The van der Waals surface area contributed by atoms with Crippen molar-refractivity contribution < 1.29 is 28.7 Å². The van der Waals surface area contributed by atoms with Gasteiger partial charge < -0.3 is 39.9 Å². The molecule has 14 heteroatoms. The van der Waals surface area contributed by atoms with Crippen molar-refractivity contribution in [3.63, 3.8) is 0 Å². The molecule has 0 spiro atoms. The molecule has 5 aliphatic rings. The molecule has 0 radical (unpaired) electrons. The third-order valence-corrected chi connectivity index (χ3v) is 14.3. The van der Waals surface area contributed by atoms with Gasteiger partial charge in [0.05, 0.1) is 38.2 Å². The molecular weight excluding hydrogens is 761 g/mol. The molecule has 4 unspecified atom stereocenters. The van der Waals surface area contributed by atoms with Crippen molar-refractivity contribution in [3.8, 4) is 11.3 Å². The van der Waals surface area contributed by atoms with Gasteiger partial charge in [-0.05, 0) is 104 Å². The number of likely N-dealkylation sites (tertiary alicyclic amines) is 2. The van der Waals surface area contributed by atoms with Gasteiger partial charge in [-0.15, -0.1) is 0 Å². The number of fused-ring (bicyclic) bond motifs is 4. The monoisotopic (exact) mass is 820 g/mol. The number of rotatable bonds is 11. The molecule has 14 nitrogen and oxygen atoms in total. The van der Waals surface area contributed by atoms with Crippen molar-refractivity contribution in [2.45, 2.75) is 127 Å². The van der Waals surface area contributed by atoms with E-state index in [1.165, 1.54) is 36.2 Å². The standard InChI is InChI=1S/C46H60N8O6/c1-27(2)37(51-43(57)59-5)41(55)53-21-7-9-34(53)39-47-25-33(49-39)30-12-11-29-13-14-32(24-31(29)23-30)45-15-18-46(19-16-45,20-17-45)36-26-48-40(50-36)35-10-8-22-54(35)42(56)38(28(3)4)52-44(58)60-6/h11-14,23-28,34-35,37-38H,7-10,15-22H2,1-6H3,(H,47,49)(H,48,50)(H,51,57)(H,52,58). The summed E-state index contributed by atoms with van der Waals surface area (Å²) in [6, 6.07) is 11.8. The molecule has 2 aromatic heterocycles. The number of nitrogens with zero attached hydrogens (tertiary/aromatic N) is 4. The van der Waals surface area contributed by atoms with Crippen LogP contribution in [0.3, 0.4) is 0 Å². The average molecular weight is 821 g/mol. The summed E-state index contributed by atoms with van der Waals surface area (Å²) in [6.45, 7) is 8.94. The fourth-order valence-electron chi connectivity index (χ4n) is 10.6. The van der Waals surface area contributed by atoms with Gasteiger partial charge in [0.2, 0.25) is 11.8 Å². The number of ether oxygens (including phenoxy) is 2.